The summed E-state index contributed by atoms with van der Waals surface area (Å²) in [6, 6.07) is 5.07. The minimum absolute atomic E-state index is 0.0301. The highest BCUT2D eigenvalue weighted by molar-refractivity contribution is 6.03. The first-order valence-corrected chi connectivity index (χ1v) is 5.45. The number of non-ortho nitro benzene ring substituents is 1. The van der Waals surface area contributed by atoms with Gasteiger partial charge in [-0.3, -0.25) is 10.1 Å². The van der Waals surface area contributed by atoms with Gasteiger partial charge >= 0.3 is 11.9 Å². The highest BCUT2D eigenvalue weighted by Gasteiger charge is 2.46. The molecule has 0 aliphatic rings. The summed E-state index contributed by atoms with van der Waals surface area (Å²) >= 11 is 0. The van der Waals surface area contributed by atoms with Crippen LogP contribution in [0.3, 0.4) is 0 Å². The fourth-order valence-corrected chi connectivity index (χ4v) is 1.45. The predicted molar refractivity (Wildman–Crippen MR) is 66.2 cm³/mol. The maximum Gasteiger partial charge on any atom is 0.361 e. The van der Waals surface area contributed by atoms with E-state index in [1.54, 1.807) is 0 Å². The molecule has 20 heavy (non-hydrogen) atoms. The molecule has 0 fully saturated rings. The molecule has 0 saturated heterocycles. The first kappa shape index (κ1) is 15.4. The second-order valence-corrected chi connectivity index (χ2v) is 3.87. The standard InChI is InChI=1S/C12H13NO7/c1-12(10(14)18-2,11(15)19-3)20-9-6-4-5-8(7-9)13(16)17/h4-7H,1-3H3. The summed E-state index contributed by atoms with van der Waals surface area (Å²) in [4.78, 5) is 33.4. The molecule has 108 valence electrons. The van der Waals surface area contributed by atoms with Crippen molar-refractivity contribution in [2.75, 3.05) is 14.2 Å². The molecular weight excluding hydrogens is 270 g/mol. The van der Waals surface area contributed by atoms with Crippen LogP contribution in [0, 0.1) is 10.1 Å². The molecular formula is C12H13NO7. The molecule has 8 nitrogen and oxygen atoms in total. The molecule has 1 aromatic rings. The molecule has 0 N–H and O–H groups in total. The molecule has 0 aliphatic heterocycles. The van der Waals surface area contributed by atoms with Crippen molar-refractivity contribution in [3.63, 3.8) is 0 Å². The summed E-state index contributed by atoms with van der Waals surface area (Å²) in [7, 11) is 2.17. The van der Waals surface area contributed by atoms with Crippen molar-refractivity contribution in [1.29, 1.82) is 0 Å². The SMILES string of the molecule is COC(=O)C(C)(Oc1cccc([N+](=O)[O-])c1)C(=O)OC. The van der Waals surface area contributed by atoms with Crippen molar-refractivity contribution in [1.82, 2.24) is 0 Å². The number of hydrogen-bond acceptors (Lipinski definition) is 7. The van der Waals surface area contributed by atoms with Gasteiger partial charge in [0.05, 0.1) is 25.2 Å². The Kier molecular flexibility index (Phi) is 4.63. The first-order chi connectivity index (χ1) is 9.35. The number of carbonyl (C=O) groups is 2. The molecule has 0 unspecified atom stereocenters. The Balaban J connectivity index is 3.13. The highest BCUT2D eigenvalue weighted by Crippen LogP contribution is 2.25. The highest BCUT2D eigenvalue weighted by atomic mass is 16.6. The van der Waals surface area contributed by atoms with Crippen LogP contribution < -0.4 is 4.74 Å². The normalized spacial score (nSPS) is 10.6. The second-order valence-electron chi connectivity index (χ2n) is 3.87. The summed E-state index contributed by atoms with van der Waals surface area (Å²) in [5.74, 6) is -1.98. The van der Waals surface area contributed by atoms with Gasteiger partial charge in [0.15, 0.2) is 0 Å². The van der Waals surface area contributed by atoms with Gasteiger partial charge in [-0.25, -0.2) is 9.59 Å². The Hall–Kier alpha value is -2.64. The lowest BCUT2D eigenvalue weighted by Gasteiger charge is -2.24. The van der Waals surface area contributed by atoms with Gasteiger partial charge in [0.2, 0.25) is 0 Å². The van der Waals surface area contributed by atoms with Gasteiger partial charge < -0.3 is 14.2 Å². The van der Waals surface area contributed by atoms with Crippen LogP contribution in [0.5, 0.6) is 5.75 Å². The van der Waals surface area contributed by atoms with Crippen LogP contribution in [-0.4, -0.2) is 36.7 Å². The largest absolute Gasteiger partial charge is 0.466 e. The Bertz CT molecular complexity index is 524. The van der Waals surface area contributed by atoms with E-state index in [2.05, 4.69) is 9.47 Å². The van der Waals surface area contributed by atoms with Gasteiger partial charge in [-0.2, -0.15) is 0 Å². The van der Waals surface area contributed by atoms with Crippen LogP contribution in [0.25, 0.3) is 0 Å². The van der Waals surface area contributed by atoms with Crippen molar-refractivity contribution < 1.29 is 28.7 Å². The van der Waals surface area contributed by atoms with Gasteiger partial charge in [-0.05, 0) is 13.0 Å². The van der Waals surface area contributed by atoms with Crippen molar-refractivity contribution in [3.05, 3.63) is 34.4 Å². The van der Waals surface area contributed by atoms with E-state index < -0.39 is 22.5 Å². The number of hydrogen-bond donors (Lipinski definition) is 0. The smallest absolute Gasteiger partial charge is 0.361 e. The molecule has 0 saturated carbocycles. The minimum Gasteiger partial charge on any atom is -0.466 e. The van der Waals surface area contributed by atoms with Crippen molar-refractivity contribution in [2.45, 2.75) is 12.5 Å². The maximum atomic E-state index is 11.7. The Labute approximate surface area is 114 Å². The summed E-state index contributed by atoms with van der Waals surface area (Å²) in [6.45, 7) is 1.16. The number of nitro benzene ring substituents is 1. The lowest BCUT2D eigenvalue weighted by Crippen LogP contribution is -2.50. The number of ether oxygens (including phenoxy) is 3. The van der Waals surface area contributed by atoms with E-state index in [9.17, 15) is 19.7 Å². The molecule has 0 aromatic heterocycles. The minimum atomic E-state index is -2.04. The Morgan fingerprint density at radius 1 is 1.20 bits per heavy atom. The molecule has 0 heterocycles. The van der Waals surface area contributed by atoms with E-state index in [1.165, 1.54) is 18.2 Å². The molecule has 8 heteroatoms. The fourth-order valence-electron chi connectivity index (χ4n) is 1.45. The number of carbonyl (C=O) groups excluding carboxylic acids is 2. The van der Waals surface area contributed by atoms with Gasteiger partial charge in [-0.1, -0.05) is 6.07 Å². The average molecular weight is 283 g/mol. The summed E-state index contributed by atoms with van der Waals surface area (Å²) in [5, 5.41) is 10.7. The fraction of sp³-hybridized carbons (Fsp3) is 0.333. The van der Waals surface area contributed by atoms with Crippen LogP contribution in [0.15, 0.2) is 24.3 Å². The van der Waals surface area contributed by atoms with E-state index in [-0.39, 0.29) is 11.4 Å². The molecule has 0 spiro atoms. The zero-order valence-electron chi connectivity index (χ0n) is 11.1. The lowest BCUT2D eigenvalue weighted by atomic mass is 10.1. The van der Waals surface area contributed by atoms with E-state index in [0.29, 0.717) is 0 Å². The molecule has 0 bridgehead atoms. The summed E-state index contributed by atoms with van der Waals surface area (Å²) in [6.07, 6.45) is 0. The number of benzene rings is 1. The third-order valence-corrected chi connectivity index (χ3v) is 2.50. The second kappa shape index (κ2) is 6.00. The van der Waals surface area contributed by atoms with Gasteiger partial charge in [-0.15, -0.1) is 0 Å². The number of esters is 2. The molecule has 0 amide bonds. The van der Waals surface area contributed by atoms with E-state index in [4.69, 9.17) is 4.74 Å². The van der Waals surface area contributed by atoms with Crippen LogP contribution in [-0.2, 0) is 19.1 Å². The van der Waals surface area contributed by atoms with Crippen molar-refractivity contribution in [2.24, 2.45) is 0 Å². The Morgan fingerprint density at radius 3 is 2.20 bits per heavy atom. The van der Waals surface area contributed by atoms with Crippen LogP contribution >= 0.6 is 0 Å². The van der Waals surface area contributed by atoms with E-state index >= 15 is 0 Å². The summed E-state index contributed by atoms with van der Waals surface area (Å²) in [5.41, 5.74) is -2.28. The topological polar surface area (TPSA) is 105 Å². The van der Waals surface area contributed by atoms with Crippen molar-refractivity contribution in [3.8, 4) is 5.75 Å². The zero-order chi connectivity index (χ0) is 15.3. The monoisotopic (exact) mass is 283 g/mol. The third kappa shape index (κ3) is 3.02. The van der Waals surface area contributed by atoms with Gasteiger partial charge in [0.1, 0.15) is 5.75 Å². The predicted octanol–water partition coefficient (Wildman–Crippen LogP) is 1.08. The van der Waals surface area contributed by atoms with Crippen molar-refractivity contribution >= 4 is 17.6 Å². The molecule has 0 aliphatic carbocycles. The maximum absolute atomic E-state index is 11.7. The van der Waals surface area contributed by atoms with Gasteiger partial charge in [0, 0.05) is 6.07 Å². The van der Waals surface area contributed by atoms with Crippen LogP contribution in [0.2, 0.25) is 0 Å². The molecule has 1 rings (SSSR count). The van der Waals surface area contributed by atoms with E-state index in [0.717, 1.165) is 27.2 Å². The number of nitrogens with zero attached hydrogens (tertiary/aromatic N) is 1. The van der Waals surface area contributed by atoms with Gasteiger partial charge in [0.25, 0.3) is 11.3 Å². The summed E-state index contributed by atoms with van der Waals surface area (Å²) < 4.78 is 14.2. The van der Waals surface area contributed by atoms with Crippen LogP contribution in [0.1, 0.15) is 6.92 Å². The Morgan fingerprint density at radius 2 is 1.75 bits per heavy atom. The molecule has 0 atom stereocenters. The number of nitro groups is 1. The number of rotatable bonds is 5. The lowest BCUT2D eigenvalue weighted by molar-refractivity contribution is -0.385. The molecule has 1 aromatic carbocycles. The first-order valence-electron chi connectivity index (χ1n) is 5.45. The quantitative estimate of drug-likeness (QED) is 0.344. The third-order valence-electron chi connectivity index (χ3n) is 2.50. The van der Waals surface area contributed by atoms with Crippen LogP contribution in [0.4, 0.5) is 5.69 Å². The average Bonchev–Trinajstić information content (AvgIpc) is 2.45. The number of methoxy groups -OCH3 is 2. The zero-order valence-corrected chi connectivity index (χ0v) is 11.1. The molecule has 0 radical (unpaired) electrons. The van der Waals surface area contributed by atoms with E-state index in [1.807, 2.05) is 0 Å².